The second-order valence-electron chi connectivity index (χ2n) is 3.85. The van der Waals surface area contributed by atoms with Gasteiger partial charge >= 0.3 is 12.5 Å². The molecule has 1 amide bonds. The summed E-state index contributed by atoms with van der Waals surface area (Å²) in [6.07, 6.45) is -5.33. The number of carbonyl (C=O) groups excluding carboxylic acids is 1. The van der Waals surface area contributed by atoms with E-state index in [1.165, 1.54) is 0 Å². The van der Waals surface area contributed by atoms with Gasteiger partial charge in [-0.2, -0.15) is 0 Å². The molecule has 1 aromatic carbocycles. The van der Waals surface area contributed by atoms with E-state index in [-0.39, 0.29) is 18.6 Å². The van der Waals surface area contributed by atoms with Gasteiger partial charge in [0.15, 0.2) is 0 Å². The molecule has 4 nitrogen and oxygen atoms in total. The fraction of sp³-hybridized carbons (Fsp3) is 0.364. The van der Waals surface area contributed by atoms with Crippen molar-refractivity contribution in [2.45, 2.75) is 18.8 Å². The van der Waals surface area contributed by atoms with Gasteiger partial charge in [0.2, 0.25) is 0 Å². The lowest BCUT2D eigenvalue weighted by molar-refractivity contribution is -0.274. The van der Waals surface area contributed by atoms with E-state index in [1.54, 1.807) is 0 Å². The summed E-state index contributed by atoms with van der Waals surface area (Å²) >= 11 is 0. The highest BCUT2D eigenvalue weighted by Gasteiger charge is 2.32. The maximum Gasteiger partial charge on any atom is 0.573 e. The van der Waals surface area contributed by atoms with Crippen LogP contribution in [0.2, 0.25) is 0 Å². The standard InChI is InChI=1S/C11H9F4NO3/c12-8-2-1-6(19-11(13,14)15)5-7(8)9-3-4-18-10(17)16-9/h1-2,5,9H,3-4H2,(H,16,17)/t9-/m1/s1. The molecule has 8 heteroatoms. The second kappa shape index (κ2) is 4.94. The van der Waals surface area contributed by atoms with Crippen LogP contribution in [0, 0.1) is 5.82 Å². The topological polar surface area (TPSA) is 47.6 Å². The molecular weight excluding hydrogens is 270 g/mol. The first-order valence-electron chi connectivity index (χ1n) is 5.33. The number of ether oxygens (including phenoxy) is 2. The Morgan fingerprint density at radius 2 is 2.11 bits per heavy atom. The fourth-order valence-electron chi connectivity index (χ4n) is 1.74. The van der Waals surface area contributed by atoms with Crippen LogP contribution in [-0.4, -0.2) is 19.1 Å². The molecular formula is C11H9F4NO3. The molecule has 2 rings (SSSR count). The van der Waals surface area contributed by atoms with Crippen molar-refractivity contribution < 1.29 is 31.8 Å². The first kappa shape index (κ1) is 13.4. The molecule has 0 bridgehead atoms. The highest BCUT2D eigenvalue weighted by atomic mass is 19.4. The smallest absolute Gasteiger partial charge is 0.449 e. The summed E-state index contributed by atoms with van der Waals surface area (Å²) in [4.78, 5) is 11.0. The highest BCUT2D eigenvalue weighted by Crippen LogP contribution is 2.29. The lowest BCUT2D eigenvalue weighted by atomic mass is 10.0. The SMILES string of the molecule is O=C1N[C@@H](c2cc(OC(F)(F)F)ccc2F)CCO1. The Balaban J connectivity index is 2.24. The Morgan fingerprint density at radius 1 is 1.37 bits per heavy atom. The molecule has 0 aliphatic carbocycles. The maximum atomic E-state index is 13.6. The minimum atomic E-state index is -4.85. The van der Waals surface area contributed by atoms with Gasteiger partial charge in [-0.3, -0.25) is 0 Å². The monoisotopic (exact) mass is 279 g/mol. The summed E-state index contributed by atoms with van der Waals surface area (Å²) in [5.41, 5.74) is -0.0709. The molecule has 0 aromatic heterocycles. The zero-order valence-electron chi connectivity index (χ0n) is 9.46. The largest absolute Gasteiger partial charge is 0.573 e. The molecule has 104 valence electrons. The van der Waals surface area contributed by atoms with Gasteiger partial charge < -0.3 is 14.8 Å². The average Bonchev–Trinajstić information content (AvgIpc) is 2.30. The highest BCUT2D eigenvalue weighted by molar-refractivity contribution is 5.68. The van der Waals surface area contributed by atoms with E-state index in [1.807, 2.05) is 0 Å². The zero-order chi connectivity index (χ0) is 14.0. The van der Waals surface area contributed by atoms with Crippen molar-refractivity contribution in [2.75, 3.05) is 6.61 Å². The Morgan fingerprint density at radius 3 is 2.74 bits per heavy atom. The van der Waals surface area contributed by atoms with Crippen LogP contribution in [0.25, 0.3) is 0 Å². The van der Waals surface area contributed by atoms with Crippen LogP contribution in [0.3, 0.4) is 0 Å². The van der Waals surface area contributed by atoms with Crippen molar-refractivity contribution in [3.05, 3.63) is 29.6 Å². The van der Waals surface area contributed by atoms with Crippen molar-refractivity contribution in [2.24, 2.45) is 0 Å². The molecule has 1 atom stereocenters. The molecule has 1 N–H and O–H groups in total. The van der Waals surface area contributed by atoms with Gasteiger partial charge in [-0.1, -0.05) is 0 Å². The Bertz CT molecular complexity index is 489. The second-order valence-corrected chi connectivity index (χ2v) is 3.85. The Kier molecular flexibility index (Phi) is 3.50. The lowest BCUT2D eigenvalue weighted by Gasteiger charge is -2.24. The molecule has 1 aromatic rings. The summed E-state index contributed by atoms with van der Waals surface area (Å²) in [7, 11) is 0. The first-order chi connectivity index (χ1) is 8.85. The predicted octanol–water partition coefficient (Wildman–Crippen LogP) is 2.90. The summed E-state index contributed by atoms with van der Waals surface area (Å²) in [6, 6.07) is 1.91. The molecule has 0 radical (unpaired) electrons. The quantitative estimate of drug-likeness (QED) is 0.847. The number of amides is 1. The summed E-state index contributed by atoms with van der Waals surface area (Å²) in [6.45, 7) is 0.0697. The van der Waals surface area contributed by atoms with Gasteiger partial charge in [0.25, 0.3) is 0 Å². The number of carbonyl (C=O) groups is 1. The summed E-state index contributed by atoms with van der Waals surface area (Å²) in [5, 5.41) is 2.33. The van der Waals surface area contributed by atoms with Crippen molar-refractivity contribution >= 4 is 6.09 Å². The van der Waals surface area contributed by atoms with Gasteiger partial charge in [-0.05, 0) is 18.2 Å². The van der Waals surface area contributed by atoms with E-state index >= 15 is 0 Å². The Labute approximate surface area is 105 Å². The van der Waals surface area contributed by atoms with Gasteiger partial charge in [0.05, 0.1) is 12.6 Å². The van der Waals surface area contributed by atoms with E-state index < -0.39 is 30.1 Å². The number of hydrogen-bond donors (Lipinski definition) is 1. The van der Waals surface area contributed by atoms with Crippen LogP contribution in [0.4, 0.5) is 22.4 Å². The lowest BCUT2D eigenvalue weighted by Crippen LogP contribution is -2.35. The molecule has 1 aliphatic heterocycles. The van der Waals surface area contributed by atoms with Crippen LogP contribution in [0.5, 0.6) is 5.75 Å². The minimum Gasteiger partial charge on any atom is -0.449 e. The third kappa shape index (κ3) is 3.49. The fourth-order valence-corrected chi connectivity index (χ4v) is 1.74. The van der Waals surface area contributed by atoms with E-state index in [0.29, 0.717) is 0 Å². The van der Waals surface area contributed by atoms with E-state index in [2.05, 4.69) is 14.8 Å². The van der Waals surface area contributed by atoms with Crippen LogP contribution in [0.15, 0.2) is 18.2 Å². The summed E-state index contributed by atoms with van der Waals surface area (Å²) < 4.78 is 58.1. The number of alkyl halides is 3. The van der Waals surface area contributed by atoms with Crippen LogP contribution in [-0.2, 0) is 4.74 Å². The molecule has 0 unspecified atom stereocenters. The molecule has 19 heavy (non-hydrogen) atoms. The van der Waals surface area contributed by atoms with Gasteiger partial charge in [0, 0.05) is 12.0 Å². The molecule has 1 fully saturated rings. The number of nitrogens with one attached hydrogen (secondary N) is 1. The molecule has 0 saturated carbocycles. The summed E-state index contributed by atoms with van der Waals surface area (Å²) in [5.74, 6) is -1.26. The number of halogens is 4. The van der Waals surface area contributed by atoms with Crippen LogP contribution in [0.1, 0.15) is 18.0 Å². The van der Waals surface area contributed by atoms with Crippen molar-refractivity contribution in [1.29, 1.82) is 0 Å². The first-order valence-corrected chi connectivity index (χ1v) is 5.33. The third-order valence-corrected chi connectivity index (χ3v) is 2.51. The van der Waals surface area contributed by atoms with E-state index in [9.17, 15) is 22.4 Å². The number of rotatable bonds is 2. The van der Waals surface area contributed by atoms with Crippen molar-refractivity contribution in [3.63, 3.8) is 0 Å². The van der Waals surface area contributed by atoms with Crippen LogP contribution >= 0.6 is 0 Å². The van der Waals surface area contributed by atoms with Crippen molar-refractivity contribution in [3.8, 4) is 5.75 Å². The van der Waals surface area contributed by atoms with Gasteiger partial charge in [-0.15, -0.1) is 13.2 Å². The molecule has 1 aliphatic rings. The van der Waals surface area contributed by atoms with Crippen molar-refractivity contribution in [1.82, 2.24) is 5.32 Å². The predicted molar refractivity (Wildman–Crippen MR) is 54.9 cm³/mol. The van der Waals surface area contributed by atoms with Crippen LogP contribution < -0.4 is 10.1 Å². The number of cyclic esters (lactones) is 1. The van der Waals surface area contributed by atoms with E-state index in [4.69, 9.17) is 0 Å². The van der Waals surface area contributed by atoms with Gasteiger partial charge in [0.1, 0.15) is 11.6 Å². The van der Waals surface area contributed by atoms with Gasteiger partial charge in [-0.25, -0.2) is 9.18 Å². The molecule has 1 heterocycles. The maximum absolute atomic E-state index is 13.6. The number of benzene rings is 1. The number of hydrogen-bond acceptors (Lipinski definition) is 3. The minimum absolute atomic E-state index is 0.0697. The molecule has 1 saturated heterocycles. The third-order valence-electron chi connectivity index (χ3n) is 2.51. The van der Waals surface area contributed by atoms with E-state index in [0.717, 1.165) is 18.2 Å². The average molecular weight is 279 g/mol. The normalized spacial score (nSPS) is 19.6. The molecule has 0 spiro atoms. The number of alkyl carbamates (subject to hydrolysis) is 1. The Hall–Kier alpha value is -1.99. The zero-order valence-corrected chi connectivity index (χ0v) is 9.46.